The number of hydrogen-bond donors (Lipinski definition) is 2. The van der Waals surface area contributed by atoms with E-state index < -0.39 is 0 Å². The Kier molecular flexibility index (Phi) is 8.60. The Balaban J connectivity index is 1.57. The highest BCUT2D eigenvalue weighted by atomic mass is 32.2. The number of ether oxygens (including phenoxy) is 1. The zero-order chi connectivity index (χ0) is 18.8. The predicted molar refractivity (Wildman–Crippen MR) is 104 cm³/mol. The van der Waals surface area contributed by atoms with Crippen LogP contribution < -0.4 is 11.1 Å². The maximum Gasteiger partial charge on any atom is 0.230 e. The minimum absolute atomic E-state index is 0.0395. The van der Waals surface area contributed by atoms with Crippen molar-refractivity contribution in [2.45, 2.75) is 30.7 Å². The Hall–Kier alpha value is -1.90. The normalized spacial score (nSPS) is 10.7. The van der Waals surface area contributed by atoms with Gasteiger partial charge in [0, 0.05) is 18.0 Å². The van der Waals surface area contributed by atoms with Crippen molar-refractivity contribution in [1.29, 1.82) is 0 Å². The van der Waals surface area contributed by atoms with Gasteiger partial charge in [-0.1, -0.05) is 42.1 Å². The monoisotopic (exact) mass is 393 g/mol. The van der Waals surface area contributed by atoms with E-state index in [4.69, 9.17) is 10.5 Å². The lowest BCUT2D eigenvalue weighted by Gasteiger charge is -2.06. The summed E-state index contributed by atoms with van der Waals surface area (Å²) in [5.41, 5.74) is 7.15. The van der Waals surface area contributed by atoms with Gasteiger partial charge in [-0.05, 0) is 18.9 Å². The van der Waals surface area contributed by atoms with Gasteiger partial charge in [-0.15, -0.1) is 11.3 Å². The van der Waals surface area contributed by atoms with Gasteiger partial charge in [-0.25, -0.2) is 4.98 Å². The molecular weight excluding hydrogens is 370 g/mol. The van der Waals surface area contributed by atoms with Crippen molar-refractivity contribution in [1.82, 2.24) is 10.3 Å². The lowest BCUT2D eigenvalue weighted by atomic mass is 10.2. The number of nitrogens with zero attached hydrogens (tertiary/aromatic N) is 1. The molecule has 2 aromatic rings. The minimum Gasteiger partial charge on any atom is -0.377 e. The van der Waals surface area contributed by atoms with E-state index in [1.54, 1.807) is 0 Å². The zero-order valence-electron chi connectivity index (χ0n) is 14.7. The summed E-state index contributed by atoms with van der Waals surface area (Å²) in [6, 6.07) is 9.99. The minimum atomic E-state index is -0.375. The van der Waals surface area contributed by atoms with Crippen molar-refractivity contribution >= 4 is 34.9 Å². The third-order valence-electron chi connectivity index (χ3n) is 3.43. The molecule has 140 valence electrons. The Labute approximate surface area is 161 Å². The van der Waals surface area contributed by atoms with Crippen molar-refractivity contribution < 1.29 is 14.3 Å². The molecule has 0 fully saturated rings. The number of nitrogens with one attached hydrogen (secondary N) is 1. The molecule has 0 radical (unpaired) electrons. The number of nitrogens with two attached hydrogens (primary N) is 1. The molecule has 0 aliphatic rings. The molecule has 0 saturated heterocycles. The first-order valence-electron chi connectivity index (χ1n) is 8.30. The van der Waals surface area contributed by atoms with Crippen LogP contribution in [0.1, 0.15) is 22.6 Å². The van der Waals surface area contributed by atoms with Crippen LogP contribution in [0.3, 0.4) is 0 Å². The topological polar surface area (TPSA) is 94.3 Å². The average molecular weight is 394 g/mol. The predicted octanol–water partition coefficient (Wildman–Crippen LogP) is 2.29. The summed E-state index contributed by atoms with van der Waals surface area (Å²) >= 11 is 2.78. The van der Waals surface area contributed by atoms with Gasteiger partial charge in [0.2, 0.25) is 11.8 Å². The number of rotatable bonds is 11. The number of primary amides is 1. The van der Waals surface area contributed by atoms with Crippen molar-refractivity contribution in [3.8, 4) is 0 Å². The fourth-order valence-electron chi connectivity index (χ4n) is 2.13. The molecule has 8 heteroatoms. The number of thiazole rings is 1. The summed E-state index contributed by atoms with van der Waals surface area (Å²) in [6.45, 7) is 3.61. The van der Waals surface area contributed by atoms with Gasteiger partial charge >= 0.3 is 0 Å². The molecule has 0 aliphatic carbocycles. The second-order valence-corrected chi connectivity index (χ2v) is 7.97. The van der Waals surface area contributed by atoms with E-state index in [0.29, 0.717) is 25.5 Å². The van der Waals surface area contributed by atoms with E-state index >= 15 is 0 Å². The highest BCUT2D eigenvalue weighted by molar-refractivity contribution is 8.01. The van der Waals surface area contributed by atoms with Crippen LogP contribution >= 0.6 is 23.1 Å². The van der Waals surface area contributed by atoms with E-state index in [1.807, 2.05) is 37.3 Å². The maximum atomic E-state index is 11.9. The molecule has 0 bridgehead atoms. The summed E-state index contributed by atoms with van der Waals surface area (Å²) in [6.07, 6.45) is 0.960. The lowest BCUT2D eigenvalue weighted by Crippen LogP contribution is -2.26. The standard InChI is InChI=1S/C18H23N3O3S2/c1-13-15(10-16(19)22)26-18(21-13)25-12-17(23)20-8-5-9-24-11-14-6-3-2-4-7-14/h2-4,6-7H,5,8-12H2,1H3,(H2,19,22)(H,20,23). The van der Waals surface area contributed by atoms with Gasteiger partial charge in [-0.3, -0.25) is 9.59 Å². The number of carbonyl (C=O) groups excluding carboxylic acids is 2. The highest BCUT2D eigenvalue weighted by Crippen LogP contribution is 2.27. The summed E-state index contributed by atoms with van der Waals surface area (Å²) in [5, 5.41) is 2.87. The van der Waals surface area contributed by atoms with E-state index in [-0.39, 0.29) is 18.2 Å². The second-order valence-electron chi connectivity index (χ2n) is 5.66. The molecular formula is C18H23N3O3S2. The van der Waals surface area contributed by atoms with Crippen LogP contribution in [0.4, 0.5) is 0 Å². The van der Waals surface area contributed by atoms with Crippen molar-refractivity contribution in [3.63, 3.8) is 0 Å². The molecule has 2 amide bonds. The van der Waals surface area contributed by atoms with Gasteiger partial charge < -0.3 is 15.8 Å². The third-order valence-corrected chi connectivity index (χ3v) is 5.73. The van der Waals surface area contributed by atoms with Crippen LogP contribution in [-0.2, 0) is 27.4 Å². The van der Waals surface area contributed by atoms with Crippen LogP contribution in [0.5, 0.6) is 0 Å². The smallest absolute Gasteiger partial charge is 0.230 e. The number of amides is 2. The molecule has 0 saturated carbocycles. The lowest BCUT2D eigenvalue weighted by molar-refractivity contribution is -0.119. The van der Waals surface area contributed by atoms with Gasteiger partial charge in [-0.2, -0.15) is 0 Å². The quantitative estimate of drug-likeness (QED) is 0.451. The largest absolute Gasteiger partial charge is 0.377 e. The molecule has 1 aromatic carbocycles. The van der Waals surface area contributed by atoms with E-state index in [0.717, 1.165) is 26.9 Å². The molecule has 0 atom stereocenters. The zero-order valence-corrected chi connectivity index (χ0v) is 16.3. The Morgan fingerprint density at radius 3 is 2.81 bits per heavy atom. The summed E-state index contributed by atoms with van der Waals surface area (Å²) in [7, 11) is 0. The molecule has 0 aliphatic heterocycles. The number of aromatic nitrogens is 1. The molecule has 1 heterocycles. The summed E-state index contributed by atoms with van der Waals surface area (Å²) in [4.78, 5) is 28.1. The molecule has 6 nitrogen and oxygen atoms in total. The molecule has 0 unspecified atom stereocenters. The molecule has 26 heavy (non-hydrogen) atoms. The first-order valence-corrected chi connectivity index (χ1v) is 10.1. The van der Waals surface area contributed by atoms with Crippen LogP contribution in [0.25, 0.3) is 0 Å². The van der Waals surface area contributed by atoms with E-state index in [9.17, 15) is 9.59 Å². The van der Waals surface area contributed by atoms with Gasteiger partial charge in [0.1, 0.15) is 0 Å². The van der Waals surface area contributed by atoms with Crippen LogP contribution in [0.15, 0.2) is 34.7 Å². The molecule has 3 N–H and O–H groups in total. The van der Waals surface area contributed by atoms with Crippen LogP contribution in [0, 0.1) is 6.92 Å². The molecule has 0 spiro atoms. The summed E-state index contributed by atoms with van der Waals surface area (Å²) < 4.78 is 6.35. The van der Waals surface area contributed by atoms with E-state index in [1.165, 1.54) is 23.1 Å². The van der Waals surface area contributed by atoms with Crippen molar-refractivity contribution in [2.24, 2.45) is 5.73 Å². The van der Waals surface area contributed by atoms with E-state index in [2.05, 4.69) is 10.3 Å². The highest BCUT2D eigenvalue weighted by Gasteiger charge is 2.11. The summed E-state index contributed by atoms with van der Waals surface area (Å²) in [5.74, 6) is -0.115. The SMILES string of the molecule is Cc1nc(SCC(=O)NCCCOCc2ccccc2)sc1CC(N)=O. The third kappa shape index (κ3) is 7.55. The number of carbonyl (C=O) groups is 2. The Bertz CT molecular complexity index is 720. The van der Waals surface area contributed by atoms with Crippen molar-refractivity contribution in [3.05, 3.63) is 46.5 Å². The fraction of sp³-hybridized carbons (Fsp3) is 0.389. The fourth-order valence-corrected chi connectivity index (χ4v) is 4.20. The molecule has 2 rings (SSSR count). The van der Waals surface area contributed by atoms with Crippen LogP contribution in [0.2, 0.25) is 0 Å². The second kappa shape index (κ2) is 10.9. The first kappa shape index (κ1) is 20.4. The number of thioether (sulfide) groups is 1. The number of benzene rings is 1. The average Bonchev–Trinajstić information content (AvgIpc) is 2.96. The number of aryl methyl sites for hydroxylation is 1. The van der Waals surface area contributed by atoms with Crippen molar-refractivity contribution in [2.75, 3.05) is 18.9 Å². The van der Waals surface area contributed by atoms with Crippen LogP contribution in [-0.4, -0.2) is 35.7 Å². The first-order chi connectivity index (χ1) is 12.5. The Morgan fingerprint density at radius 2 is 2.08 bits per heavy atom. The molecule has 1 aromatic heterocycles. The van der Waals surface area contributed by atoms with Gasteiger partial charge in [0.25, 0.3) is 0 Å². The number of hydrogen-bond acceptors (Lipinski definition) is 6. The maximum absolute atomic E-state index is 11.9. The van der Waals surface area contributed by atoms with Gasteiger partial charge in [0.15, 0.2) is 4.34 Å². The van der Waals surface area contributed by atoms with Gasteiger partial charge in [0.05, 0.1) is 24.5 Å². The Morgan fingerprint density at radius 1 is 1.31 bits per heavy atom.